The van der Waals surface area contributed by atoms with Gasteiger partial charge in [-0.25, -0.2) is 0 Å². The topological polar surface area (TPSA) is 68.4 Å². The van der Waals surface area contributed by atoms with Crippen LogP contribution in [0.1, 0.15) is 18.9 Å². The van der Waals surface area contributed by atoms with Crippen LogP contribution in [-0.2, 0) is 6.42 Å². The van der Waals surface area contributed by atoms with Crippen LogP contribution in [0.5, 0.6) is 5.75 Å². The molecule has 1 aromatic heterocycles. The minimum absolute atomic E-state index is 0.312. The molecule has 2 unspecified atom stereocenters. The van der Waals surface area contributed by atoms with Crippen LogP contribution < -0.4 is 10.5 Å². The number of aliphatic hydroxyl groups excluding tert-OH is 1. The Morgan fingerprint density at radius 1 is 1.15 bits per heavy atom. The summed E-state index contributed by atoms with van der Waals surface area (Å²) in [7, 11) is 0. The number of rotatable bonds is 7. The summed E-state index contributed by atoms with van der Waals surface area (Å²) in [5.74, 6) is 0.707. The second-order valence-corrected chi connectivity index (χ2v) is 6.96. The molecule has 2 aromatic carbocycles. The fourth-order valence-corrected chi connectivity index (χ4v) is 3.17. The molecule has 0 saturated heterocycles. The summed E-state index contributed by atoms with van der Waals surface area (Å²) in [5, 5.41) is 11.0. The number of anilines is 1. The van der Waals surface area contributed by atoms with Gasteiger partial charge in [0.2, 0.25) is 0 Å². The maximum absolute atomic E-state index is 10.4. The van der Waals surface area contributed by atoms with Crippen molar-refractivity contribution >= 4 is 17.3 Å². The third-order valence-electron chi connectivity index (χ3n) is 4.47. The highest BCUT2D eigenvalue weighted by atomic mass is 35.5. The molecular weight excluding hydrogens is 360 g/mol. The Morgan fingerprint density at radius 3 is 2.59 bits per heavy atom. The predicted molar refractivity (Wildman–Crippen MR) is 110 cm³/mol. The molecule has 0 aliphatic carbocycles. The third kappa shape index (κ3) is 5.22. The number of aryl methyl sites for hydroxylation is 1. The first-order valence-corrected chi connectivity index (χ1v) is 9.30. The summed E-state index contributed by atoms with van der Waals surface area (Å²) in [6, 6.07) is 17.0. The van der Waals surface area contributed by atoms with Crippen LogP contribution in [-0.4, -0.2) is 22.3 Å². The molecule has 0 aliphatic heterocycles. The standard InChI is InChI=1S/C22H23ClN2O2/c1-15(22(26)11-4-16-3-2-12-25-14-16)27-19-8-5-17(6-9-19)20-10-7-18(24)13-21(20)23/h2-3,5-10,12-15,22,26H,4,11,24H2,1H3. The zero-order valence-corrected chi connectivity index (χ0v) is 15.9. The van der Waals surface area contributed by atoms with E-state index in [1.165, 1.54) is 0 Å². The number of aromatic nitrogens is 1. The fourth-order valence-electron chi connectivity index (χ4n) is 2.87. The Morgan fingerprint density at radius 2 is 1.93 bits per heavy atom. The Hall–Kier alpha value is -2.56. The van der Waals surface area contributed by atoms with Gasteiger partial charge >= 0.3 is 0 Å². The normalized spacial score (nSPS) is 13.1. The highest BCUT2D eigenvalue weighted by Crippen LogP contribution is 2.31. The van der Waals surface area contributed by atoms with Crippen molar-refractivity contribution in [2.24, 2.45) is 0 Å². The number of nitrogen functional groups attached to an aromatic ring is 1. The van der Waals surface area contributed by atoms with E-state index in [-0.39, 0.29) is 6.10 Å². The molecular formula is C22H23ClN2O2. The van der Waals surface area contributed by atoms with Gasteiger partial charge in [-0.1, -0.05) is 35.9 Å². The molecule has 140 valence electrons. The molecule has 0 radical (unpaired) electrons. The molecule has 0 spiro atoms. The Kier molecular flexibility index (Phi) is 6.32. The van der Waals surface area contributed by atoms with Gasteiger partial charge < -0.3 is 15.6 Å². The molecule has 0 fully saturated rings. The van der Waals surface area contributed by atoms with E-state index in [0.29, 0.717) is 22.9 Å². The first-order chi connectivity index (χ1) is 13.0. The average Bonchev–Trinajstić information content (AvgIpc) is 2.68. The maximum Gasteiger partial charge on any atom is 0.122 e. The quantitative estimate of drug-likeness (QED) is 0.579. The van der Waals surface area contributed by atoms with Gasteiger partial charge in [0, 0.05) is 23.6 Å². The smallest absolute Gasteiger partial charge is 0.122 e. The first kappa shape index (κ1) is 19.2. The summed E-state index contributed by atoms with van der Waals surface area (Å²) in [5.41, 5.74) is 9.39. The molecule has 4 nitrogen and oxygen atoms in total. The van der Waals surface area contributed by atoms with Crippen molar-refractivity contribution in [3.8, 4) is 16.9 Å². The van der Waals surface area contributed by atoms with Gasteiger partial charge in [0.15, 0.2) is 0 Å². The molecule has 5 heteroatoms. The van der Waals surface area contributed by atoms with Gasteiger partial charge in [-0.2, -0.15) is 0 Å². The number of benzene rings is 2. The number of halogens is 1. The molecule has 0 aliphatic rings. The minimum Gasteiger partial charge on any atom is -0.488 e. The zero-order valence-electron chi connectivity index (χ0n) is 15.2. The minimum atomic E-state index is -0.559. The van der Waals surface area contributed by atoms with Crippen LogP contribution >= 0.6 is 11.6 Å². The number of ether oxygens (including phenoxy) is 1. The van der Waals surface area contributed by atoms with E-state index in [2.05, 4.69) is 4.98 Å². The number of aliphatic hydroxyl groups is 1. The van der Waals surface area contributed by atoms with Crippen LogP contribution in [0.15, 0.2) is 67.0 Å². The average molecular weight is 383 g/mol. The summed E-state index contributed by atoms with van der Waals surface area (Å²) >= 11 is 6.27. The van der Waals surface area contributed by atoms with Gasteiger partial charge in [-0.05, 0) is 61.2 Å². The van der Waals surface area contributed by atoms with E-state index < -0.39 is 6.10 Å². The highest BCUT2D eigenvalue weighted by molar-refractivity contribution is 6.33. The molecule has 3 rings (SSSR count). The van der Waals surface area contributed by atoms with E-state index >= 15 is 0 Å². The number of hydrogen-bond donors (Lipinski definition) is 2. The third-order valence-corrected chi connectivity index (χ3v) is 4.79. The monoisotopic (exact) mass is 382 g/mol. The molecule has 3 aromatic rings. The molecule has 0 amide bonds. The summed E-state index contributed by atoms with van der Waals surface area (Å²) in [6.07, 6.45) is 4.07. The Labute approximate surface area is 164 Å². The second-order valence-electron chi connectivity index (χ2n) is 6.55. The Balaban J connectivity index is 1.58. The largest absolute Gasteiger partial charge is 0.488 e. The number of nitrogens with zero attached hydrogens (tertiary/aromatic N) is 1. The van der Waals surface area contributed by atoms with Crippen molar-refractivity contribution in [3.05, 3.63) is 77.6 Å². The van der Waals surface area contributed by atoms with E-state index in [9.17, 15) is 5.11 Å². The van der Waals surface area contributed by atoms with E-state index in [0.717, 1.165) is 23.1 Å². The molecule has 0 saturated carbocycles. The molecule has 3 N–H and O–H groups in total. The van der Waals surface area contributed by atoms with Gasteiger partial charge in [0.25, 0.3) is 0 Å². The lowest BCUT2D eigenvalue weighted by molar-refractivity contribution is 0.0420. The van der Waals surface area contributed by atoms with Gasteiger partial charge in [0.05, 0.1) is 11.1 Å². The predicted octanol–water partition coefficient (Wildman–Crippen LogP) is 4.75. The first-order valence-electron chi connectivity index (χ1n) is 8.92. The maximum atomic E-state index is 10.4. The molecule has 27 heavy (non-hydrogen) atoms. The summed E-state index contributed by atoms with van der Waals surface area (Å²) in [4.78, 5) is 4.09. The molecule has 0 bridgehead atoms. The van der Waals surface area contributed by atoms with E-state index in [1.54, 1.807) is 12.3 Å². The van der Waals surface area contributed by atoms with Crippen LogP contribution in [0.25, 0.3) is 11.1 Å². The van der Waals surface area contributed by atoms with E-state index in [1.807, 2.05) is 61.7 Å². The van der Waals surface area contributed by atoms with Crippen molar-refractivity contribution in [3.63, 3.8) is 0 Å². The molecule has 2 atom stereocenters. The van der Waals surface area contributed by atoms with Crippen molar-refractivity contribution in [2.45, 2.75) is 32.0 Å². The fraction of sp³-hybridized carbons (Fsp3) is 0.227. The van der Waals surface area contributed by atoms with E-state index in [4.69, 9.17) is 22.1 Å². The van der Waals surface area contributed by atoms with Gasteiger partial charge in [-0.15, -0.1) is 0 Å². The lowest BCUT2D eigenvalue weighted by atomic mass is 10.0. The summed E-state index contributed by atoms with van der Waals surface area (Å²) < 4.78 is 5.89. The number of pyridine rings is 1. The van der Waals surface area contributed by atoms with Crippen molar-refractivity contribution in [1.29, 1.82) is 0 Å². The van der Waals surface area contributed by atoms with Crippen LogP contribution in [0.2, 0.25) is 5.02 Å². The number of hydrogen-bond acceptors (Lipinski definition) is 4. The SMILES string of the molecule is CC(Oc1ccc(-c2ccc(N)cc2Cl)cc1)C(O)CCc1cccnc1. The second kappa shape index (κ2) is 8.89. The summed E-state index contributed by atoms with van der Waals surface area (Å²) in [6.45, 7) is 1.87. The van der Waals surface area contributed by atoms with Crippen LogP contribution in [0.4, 0.5) is 5.69 Å². The van der Waals surface area contributed by atoms with Crippen molar-refractivity contribution in [1.82, 2.24) is 4.98 Å². The van der Waals surface area contributed by atoms with Crippen molar-refractivity contribution in [2.75, 3.05) is 5.73 Å². The van der Waals surface area contributed by atoms with Gasteiger partial charge in [-0.3, -0.25) is 4.98 Å². The van der Waals surface area contributed by atoms with Crippen LogP contribution in [0, 0.1) is 0 Å². The lowest BCUT2D eigenvalue weighted by Gasteiger charge is -2.20. The lowest BCUT2D eigenvalue weighted by Crippen LogP contribution is -2.29. The Bertz CT molecular complexity index is 869. The van der Waals surface area contributed by atoms with Crippen LogP contribution in [0.3, 0.4) is 0 Å². The number of nitrogens with two attached hydrogens (primary N) is 1. The van der Waals surface area contributed by atoms with Gasteiger partial charge in [0.1, 0.15) is 11.9 Å². The highest BCUT2D eigenvalue weighted by Gasteiger charge is 2.16. The zero-order chi connectivity index (χ0) is 19.2. The van der Waals surface area contributed by atoms with Crippen molar-refractivity contribution < 1.29 is 9.84 Å². The molecule has 1 heterocycles.